The maximum Gasteiger partial charge on any atom is 0.127 e. The molecule has 0 amide bonds. The second-order valence-corrected chi connectivity index (χ2v) is 4.70. The summed E-state index contributed by atoms with van der Waals surface area (Å²) in [5, 5.41) is 10.6. The SMILES string of the molecule is CSc1ccccc1C(C)(O)c1ccc[nH]1. The topological polar surface area (TPSA) is 36.0 Å². The summed E-state index contributed by atoms with van der Waals surface area (Å²) in [5.74, 6) is 0. The smallest absolute Gasteiger partial charge is 0.127 e. The molecule has 84 valence electrons. The Bertz CT molecular complexity index is 463. The van der Waals surface area contributed by atoms with Gasteiger partial charge in [0, 0.05) is 16.7 Å². The van der Waals surface area contributed by atoms with Crippen LogP contribution in [-0.4, -0.2) is 16.3 Å². The van der Waals surface area contributed by atoms with Gasteiger partial charge in [-0.2, -0.15) is 0 Å². The molecule has 2 aromatic rings. The van der Waals surface area contributed by atoms with Crippen molar-refractivity contribution in [3.8, 4) is 0 Å². The molecule has 1 aromatic carbocycles. The highest BCUT2D eigenvalue weighted by molar-refractivity contribution is 7.98. The molecule has 0 saturated carbocycles. The van der Waals surface area contributed by atoms with Crippen molar-refractivity contribution < 1.29 is 5.11 Å². The molecule has 0 saturated heterocycles. The zero-order valence-corrected chi connectivity index (χ0v) is 10.2. The van der Waals surface area contributed by atoms with Gasteiger partial charge in [-0.25, -0.2) is 0 Å². The highest BCUT2D eigenvalue weighted by Gasteiger charge is 2.28. The number of thioether (sulfide) groups is 1. The fourth-order valence-electron chi connectivity index (χ4n) is 1.83. The van der Waals surface area contributed by atoms with Gasteiger partial charge in [0.15, 0.2) is 0 Å². The lowest BCUT2D eigenvalue weighted by molar-refractivity contribution is 0.0952. The molecular weight excluding hydrogens is 218 g/mol. The van der Waals surface area contributed by atoms with Crippen molar-refractivity contribution in [1.82, 2.24) is 4.98 Å². The second kappa shape index (κ2) is 4.36. The third-order valence-electron chi connectivity index (χ3n) is 2.75. The van der Waals surface area contributed by atoms with Crippen LogP contribution in [0, 0.1) is 0 Å². The van der Waals surface area contributed by atoms with Gasteiger partial charge < -0.3 is 10.1 Å². The zero-order chi connectivity index (χ0) is 11.6. The molecule has 0 fully saturated rings. The first-order valence-corrected chi connectivity index (χ1v) is 6.38. The summed E-state index contributed by atoms with van der Waals surface area (Å²) < 4.78 is 0. The molecule has 2 rings (SSSR count). The van der Waals surface area contributed by atoms with E-state index in [2.05, 4.69) is 4.98 Å². The summed E-state index contributed by atoms with van der Waals surface area (Å²) in [4.78, 5) is 4.17. The summed E-state index contributed by atoms with van der Waals surface area (Å²) in [7, 11) is 0. The van der Waals surface area contributed by atoms with Crippen molar-refractivity contribution in [3.63, 3.8) is 0 Å². The van der Waals surface area contributed by atoms with Crippen LogP contribution in [0.3, 0.4) is 0 Å². The molecule has 0 aliphatic carbocycles. The van der Waals surface area contributed by atoms with E-state index in [0.717, 1.165) is 16.2 Å². The van der Waals surface area contributed by atoms with Gasteiger partial charge in [0.1, 0.15) is 5.60 Å². The van der Waals surface area contributed by atoms with Crippen molar-refractivity contribution in [3.05, 3.63) is 53.9 Å². The first-order chi connectivity index (χ1) is 7.66. The molecule has 1 unspecified atom stereocenters. The zero-order valence-electron chi connectivity index (χ0n) is 9.40. The van der Waals surface area contributed by atoms with Crippen molar-refractivity contribution in [2.24, 2.45) is 0 Å². The number of H-pyrrole nitrogens is 1. The largest absolute Gasteiger partial charge is 0.379 e. The van der Waals surface area contributed by atoms with Crippen LogP contribution in [0.1, 0.15) is 18.2 Å². The van der Waals surface area contributed by atoms with E-state index < -0.39 is 5.60 Å². The lowest BCUT2D eigenvalue weighted by Crippen LogP contribution is -2.24. The molecule has 2 N–H and O–H groups in total. The fraction of sp³-hybridized carbons (Fsp3) is 0.231. The van der Waals surface area contributed by atoms with Crippen molar-refractivity contribution in [2.45, 2.75) is 17.4 Å². The lowest BCUT2D eigenvalue weighted by Gasteiger charge is -2.25. The van der Waals surface area contributed by atoms with Crippen LogP contribution in [0.4, 0.5) is 0 Å². The normalized spacial score (nSPS) is 14.7. The number of aromatic nitrogens is 1. The Labute approximate surface area is 99.7 Å². The van der Waals surface area contributed by atoms with E-state index >= 15 is 0 Å². The lowest BCUT2D eigenvalue weighted by atomic mass is 9.93. The fourth-order valence-corrected chi connectivity index (χ4v) is 2.53. The van der Waals surface area contributed by atoms with Gasteiger partial charge in [0.25, 0.3) is 0 Å². The molecule has 2 nitrogen and oxygen atoms in total. The predicted octanol–water partition coefficient (Wildman–Crippen LogP) is 2.99. The molecule has 1 aromatic heterocycles. The Morgan fingerprint density at radius 3 is 2.56 bits per heavy atom. The first kappa shape index (κ1) is 11.3. The van der Waals surface area contributed by atoms with Gasteiger partial charge in [-0.15, -0.1) is 11.8 Å². The predicted molar refractivity (Wildman–Crippen MR) is 67.7 cm³/mol. The van der Waals surface area contributed by atoms with Crippen LogP contribution in [0.25, 0.3) is 0 Å². The Balaban J connectivity index is 2.51. The van der Waals surface area contributed by atoms with E-state index in [1.54, 1.807) is 11.8 Å². The van der Waals surface area contributed by atoms with E-state index in [4.69, 9.17) is 0 Å². The maximum absolute atomic E-state index is 10.6. The number of hydrogen-bond acceptors (Lipinski definition) is 2. The summed E-state index contributed by atoms with van der Waals surface area (Å²) in [5.41, 5.74) is 0.780. The van der Waals surface area contributed by atoms with E-state index in [9.17, 15) is 5.11 Å². The standard InChI is InChI=1S/C13H15NOS/c1-13(15,12-8-5-9-14-12)10-6-3-4-7-11(10)16-2/h3-9,14-15H,1-2H3. The van der Waals surface area contributed by atoms with Crippen LogP contribution in [0.5, 0.6) is 0 Å². The van der Waals surface area contributed by atoms with E-state index in [1.807, 2.05) is 55.8 Å². The van der Waals surface area contributed by atoms with E-state index in [0.29, 0.717) is 0 Å². The molecule has 16 heavy (non-hydrogen) atoms. The summed E-state index contributed by atoms with van der Waals surface area (Å²) in [6, 6.07) is 11.7. The number of aromatic amines is 1. The van der Waals surface area contributed by atoms with E-state index in [-0.39, 0.29) is 0 Å². The molecule has 1 heterocycles. The highest BCUT2D eigenvalue weighted by atomic mass is 32.2. The highest BCUT2D eigenvalue weighted by Crippen LogP contribution is 2.34. The molecule has 0 aliphatic heterocycles. The minimum Gasteiger partial charge on any atom is -0.379 e. The number of aliphatic hydroxyl groups is 1. The maximum atomic E-state index is 10.6. The molecule has 0 bridgehead atoms. The molecule has 0 radical (unpaired) electrons. The Hall–Kier alpha value is -1.19. The van der Waals surface area contributed by atoms with Gasteiger partial charge in [0.05, 0.1) is 5.69 Å². The average molecular weight is 233 g/mol. The Morgan fingerprint density at radius 2 is 1.94 bits per heavy atom. The third kappa shape index (κ3) is 1.88. The van der Waals surface area contributed by atoms with Gasteiger partial charge in [-0.3, -0.25) is 0 Å². The third-order valence-corrected chi connectivity index (χ3v) is 3.55. The van der Waals surface area contributed by atoms with Crippen molar-refractivity contribution in [1.29, 1.82) is 0 Å². The van der Waals surface area contributed by atoms with Crippen LogP contribution in [-0.2, 0) is 5.60 Å². The minimum atomic E-state index is -0.969. The van der Waals surface area contributed by atoms with Gasteiger partial charge >= 0.3 is 0 Å². The molecule has 0 aliphatic rings. The number of nitrogens with one attached hydrogen (secondary N) is 1. The van der Waals surface area contributed by atoms with Crippen LogP contribution >= 0.6 is 11.8 Å². The number of rotatable bonds is 3. The summed E-state index contributed by atoms with van der Waals surface area (Å²) in [6.45, 7) is 1.81. The molecular formula is C13H15NOS. The molecule has 1 atom stereocenters. The number of hydrogen-bond donors (Lipinski definition) is 2. The Morgan fingerprint density at radius 1 is 1.19 bits per heavy atom. The second-order valence-electron chi connectivity index (χ2n) is 3.86. The van der Waals surface area contributed by atoms with Crippen LogP contribution in [0.2, 0.25) is 0 Å². The monoisotopic (exact) mass is 233 g/mol. The molecule has 3 heteroatoms. The van der Waals surface area contributed by atoms with Gasteiger partial charge in [-0.1, -0.05) is 18.2 Å². The summed E-state index contributed by atoms with van der Waals surface area (Å²) >= 11 is 1.65. The van der Waals surface area contributed by atoms with Gasteiger partial charge in [-0.05, 0) is 31.4 Å². The Kier molecular flexibility index (Phi) is 3.08. The van der Waals surface area contributed by atoms with Crippen LogP contribution in [0.15, 0.2) is 47.5 Å². The number of benzene rings is 1. The van der Waals surface area contributed by atoms with E-state index in [1.165, 1.54) is 0 Å². The van der Waals surface area contributed by atoms with Gasteiger partial charge in [0.2, 0.25) is 0 Å². The van der Waals surface area contributed by atoms with Crippen LogP contribution < -0.4 is 0 Å². The summed E-state index contributed by atoms with van der Waals surface area (Å²) in [6.07, 6.45) is 3.84. The van der Waals surface area contributed by atoms with Crippen molar-refractivity contribution >= 4 is 11.8 Å². The minimum absolute atomic E-state index is 0.814. The first-order valence-electron chi connectivity index (χ1n) is 5.16. The quantitative estimate of drug-likeness (QED) is 0.799. The molecule has 0 spiro atoms. The van der Waals surface area contributed by atoms with Crippen molar-refractivity contribution in [2.75, 3.05) is 6.26 Å². The average Bonchev–Trinajstić information content (AvgIpc) is 2.83.